The van der Waals surface area contributed by atoms with Crippen molar-refractivity contribution in [3.05, 3.63) is 66.2 Å². The number of hydrogen-bond donors (Lipinski definition) is 1. The molecule has 0 aromatic heterocycles. The first-order chi connectivity index (χ1) is 11.3. The maximum Gasteiger partial charge on any atom is 0.224 e. The second kappa shape index (κ2) is 7.32. The lowest BCUT2D eigenvalue weighted by atomic mass is 9.88. The Morgan fingerprint density at radius 2 is 1.57 bits per heavy atom. The van der Waals surface area contributed by atoms with E-state index in [2.05, 4.69) is 17.4 Å². The highest BCUT2D eigenvalue weighted by atomic mass is 16.5. The molecular formula is C20H23NO2. The van der Waals surface area contributed by atoms with E-state index in [1.165, 1.54) is 5.56 Å². The molecule has 1 fully saturated rings. The van der Waals surface area contributed by atoms with Crippen LogP contribution in [0.3, 0.4) is 0 Å². The van der Waals surface area contributed by atoms with Gasteiger partial charge in [0.15, 0.2) is 0 Å². The van der Waals surface area contributed by atoms with Crippen molar-refractivity contribution in [1.82, 2.24) is 5.32 Å². The van der Waals surface area contributed by atoms with Gasteiger partial charge in [0, 0.05) is 0 Å². The molecule has 0 spiro atoms. The standard InChI is InChI=1S/C20H23NO2/c22-19(13-16-23-18-11-5-2-6-12-18)21-20(14-7-8-15-20)17-9-3-1-4-10-17/h1-6,9-12H,7-8,13-16H2,(H,21,22). The van der Waals surface area contributed by atoms with Gasteiger partial charge in [-0.3, -0.25) is 4.79 Å². The lowest BCUT2D eigenvalue weighted by Crippen LogP contribution is -2.44. The number of para-hydroxylation sites is 1. The van der Waals surface area contributed by atoms with E-state index in [1.54, 1.807) is 0 Å². The Labute approximate surface area is 137 Å². The van der Waals surface area contributed by atoms with Crippen molar-refractivity contribution in [2.45, 2.75) is 37.6 Å². The third-order valence-electron chi connectivity index (χ3n) is 4.50. The van der Waals surface area contributed by atoms with Crippen LogP contribution in [0.2, 0.25) is 0 Å². The molecule has 2 aromatic carbocycles. The fourth-order valence-electron chi connectivity index (χ4n) is 3.33. The molecule has 1 N–H and O–H groups in total. The Kier molecular flexibility index (Phi) is 4.96. The summed E-state index contributed by atoms with van der Waals surface area (Å²) in [6, 6.07) is 19.9. The smallest absolute Gasteiger partial charge is 0.224 e. The van der Waals surface area contributed by atoms with Crippen LogP contribution in [0, 0.1) is 0 Å². The van der Waals surface area contributed by atoms with Crippen molar-refractivity contribution < 1.29 is 9.53 Å². The third kappa shape index (κ3) is 3.92. The van der Waals surface area contributed by atoms with E-state index >= 15 is 0 Å². The summed E-state index contributed by atoms with van der Waals surface area (Å²) in [6.45, 7) is 0.403. The van der Waals surface area contributed by atoms with Gasteiger partial charge < -0.3 is 10.1 Å². The lowest BCUT2D eigenvalue weighted by molar-refractivity contribution is -0.123. The topological polar surface area (TPSA) is 38.3 Å². The minimum Gasteiger partial charge on any atom is -0.493 e. The quantitative estimate of drug-likeness (QED) is 0.874. The van der Waals surface area contributed by atoms with E-state index in [4.69, 9.17) is 4.74 Å². The van der Waals surface area contributed by atoms with Crippen molar-refractivity contribution in [2.24, 2.45) is 0 Å². The zero-order chi connectivity index (χ0) is 16.0. The summed E-state index contributed by atoms with van der Waals surface area (Å²) in [4.78, 5) is 12.4. The lowest BCUT2D eigenvalue weighted by Gasteiger charge is -2.31. The number of carbonyl (C=O) groups is 1. The minimum absolute atomic E-state index is 0.0617. The molecule has 0 unspecified atom stereocenters. The van der Waals surface area contributed by atoms with Gasteiger partial charge >= 0.3 is 0 Å². The van der Waals surface area contributed by atoms with Gasteiger partial charge in [-0.15, -0.1) is 0 Å². The molecule has 1 amide bonds. The van der Waals surface area contributed by atoms with E-state index in [0.717, 1.165) is 31.4 Å². The summed E-state index contributed by atoms with van der Waals surface area (Å²) in [5, 5.41) is 3.28. The van der Waals surface area contributed by atoms with Crippen molar-refractivity contribution in [3.8, 4) is 5.75 Å². The molecule has 0 heterocycles. The number of amides is 1. The summed E-state index contributed by atoms with van der Waals surface area (Å²) in [6.07, 6.45) is 4.74. The van der Waals surface area contributed by atoms with Gasteiger partial charge in [0.1, 0.15) is 5.75 Å². The number of rotatable bonds is 6. The molecule has 2 aromatic rings. The summed E-state index contributed by atoms with van der Waals surface area (Å²) in [7, 11) is 0. The van der Waals surface area contributed by atoms with Crippen LogP contribution >= 0.6 is 0 Å². The van der Waals surface area contributed by atoms with Crippen LogP contribution in [-0.4, -0.2) is 12.5 Å². The van der Waals surface area contributed by atoms with E-state index in [1.807, 2.05) is 48.5 Å². The molecule has 1 aliphatic rings. The summed E-state index contributed by atoms with van der Waals surface area (Å²) in [5.74, 6) is 0.866. The number of nitrogens with one attached hydrogen (secondary N) is 1. The van der Waals surface area contributed by atoms with E-state index in [9.17, 15) is 4.79 Å². The van der Waals surface area contributed by atoms with Crippen LogP contribution in [0.25, 0.3) is 0 Å². The minimum atomic E-state index is -0.189. The van der Waals surface area contributed by atoms with Crippen LogP contribution in [0.4, 0.5) is 0 Å². The third-order valence-corrected chi connectivity index (χ3v) is 4.50. The van der Waals surface area contributed by atoms with Gasteiger partial charge in [-0.2, -0.15) is 0 Å². The first-order valence-corrected chi connectivity index (χ1v) is 8.33. The molecule has 0 radical (unpaired) electrons. The fourth-order valence-corrected chi connectivity index (χ4v) is 3.33. The molecule has 3 rings (SSSR count). The number of benzene rings is 2. The summed E-state index contributed by atoms with van der Waals surface area (Å²) < 4.78 is 5.62. The van der Waals surface area contributed by atoms with Crippen LogP contribution < -0.4 is 10.1 Å². The molecule has 120 valence electrons. The second-order valence-corrected chi connectivity index (χ2v) is 6.11. The van der Waals surface area contributed by atoms with Gasteiger partial charge in [-0.05, 0) is 30.5 Å². The van der Waals surface area contributed by atoms with E-state index in [0.29, 0.717) is 13.0 Å². The monoisotopic (exact) mass is 309 g/mol. The predicted octanol–water partition coefficient (Wildman–Crippen LogP) is 4.04. The Hall–Kier alpha value is -2.29. The largest absolute Gasteiger partial charge is 0.493 e. The molecular weight excluding hydrogens is 286 g/mol. The molecule has 23 heavy (non-hydrogen) atoms. The maximum absolute atomic E-state index is 12.4. The fraction of sp³-hybridized carbons (Fsp3) is 0.350. The zero-order valence-electron chi connectivity index (χ0n) is 13.3. The molecule has 0 saturated heterocycles. The molecule has 0 atom stereocenters. The maximum atomic E-state index is 12.4. The van der Waals surface area contributed by atoms with Crippen LogP contribution in [0.15, 0.2) is 60.7 Å². The van der Waals surface area contributed by atoms with Gasteiger partial charge in [-0.1, -0.05) is 61.4 Å². The number of carbonyl (C=O) groups excluding carboxylic acids is 1. The highest BCUT2D eigenvalue weighted by Crippen LogP contribution is 2.38. The Bertz CT molecular complexity index is 619. The molecule has 1 saturated carbocycles. The van der Waals surface area contributed by atoms with Crippen LogP contribution in [0.5, 0.6) is 5.75 Å². The Morgan fingerprint density at radius 1 is 0.957 bits per heavy atom. The summed E-state index contributed by atoms with van der Waals surface area (Å²) in [5.41, 5.74) is 1.03. The predicted molar refractivity (Wildman–Crippen MR) is 91.3 cm³/mol. The summed E-state index contributed by atoms with van der Waals surface area (Å²) >= 11 is 0. The molecule has 3 nitrogen and oxygen atoms in total. The van der Waals surface area contributed by atoms with Gasteiger partial charge in [0.25, 0.3) is 0 Å². The van der Waals surface area contributed by atoms with Gasteiger partial charge in [0.05, 0.1) is 18.6 Å². The average molecular weight is 309 g/mol. The van der Waals surface area contributed by atoms with Crippen molar-refractivity contribution in [3.63, 3.8) is 0 Å². The first kappa shape index (κ1) is 15.6. The number of ether oxygens (including phenoxy) is 1. The Morgan fingerprint density at radius 3 is 2.22 bits per heavy atom. The van der Waals surface area contributed by atoms with Crippen molar-refractivity contribution >= 4 is 5.91 Å². The SMILES string of the molecule is O=C(CCOc1ccccc1)NC1(c2ccccc2)CCCC1. The van der Waals surface area contributed by atoms with E-state index < -0.39 is 0 Å². The Balaban J connectivity index is 1.57. The van der Waals surface area contributed by atoms with Crippen molar-refractivity contribution in [2.75, 3.05) is 6.61 Å². The van der Waals surface area contributed by atoms with Crippen LogP contribution in [0.1, 0.15) is 37.7 Å². The molecule has 3 heteroatoms. The average Bonchev–Trinajstić information content (AvgIpc) is 3.06. The highest BCUT2D eigenvalue weighted by Gasteiger charge is 2.36. The highest BCUT2D eigenvalue weighted by molar-refractivity contribution is 5.77. The molecule has 0 bridgehead atoms. The first-order valence-electron chi connectivity index (χ1n) is 8.33. The van der Waals surface area contributed by atoms with Crippen molar-refractivity contribution in [1.29, 1.82) is 0 Å². The second-order valence-electron chi connectivity index (χ2n) is 6.11. The normalized spacial score (nSPS) is 16.0. The zero-order valence-corrected chi connectivity index (χ0v) is 13.3. The molecule has 0 aliphatic heterocycles. The van der Waals surface area contributed by atoms with Crippen LogP contribution in [-0.2, 0) is 10.3 Å². The number of hydrogen-bond acceptors (Lipinski definition) is 2. The molecule has 1 aliphatic carbocycles. The van der Waals surface area contributed by atoms with Gasteiger partial charge in [-0.25, -0.2) is 0 Å². The van der Waals surface area contributed by atoms with Gasteiger partial charge in [0.2, 0.25) is 5.91 Å². The van der Waals surface area contributed by atoms with E-state index in [-0.39, 0.29) is 11.4 Å².